The summed E-state index contributed by atoms with van der Waals surface area (Å²) < 4.78 is 0. The van der Waals surface area contributed by atoms with E-state index < -0.39 is 0 Å². The van der Waals surface area contributed by atoms with Crippen LogP contribution in [0, 0.1) is 5.92 Å². The van der Waals surface area contributed by atoms with E-state index in [9.17, 15) is 0 Å². The Kier molecular flexibility index (Phi) is 8.24. The lowest BCUT2D eigenvalue weighted by Gasteiger charge is -2.29. The highest BCUT2D eigenvalue weighted by Crippen LogP contribution is 2.19. The second-order valence-electron chi connectivity index (χ2n) is 5.89. The van der Waals surface area contributed by atoms with Gasteiger partial charge in [-0.05, 0) is 44.5 Å². The number of benzene rings is 1. The summed E-state index contributed by atoms with van der Waals surface area (Å²) in [5.74, 6) is 0.692. The van der Waals surface area contributed by atoms with Crippen LogP contribution in [0.3, 0.4) is 0 Å². The molecule has 112 valence electrons. The highest BCUT2D eigenvalue weighted by atomic mass is 15.1. The molecule has 0 aliphatic heterocycles. The van der Waals surface area contributed by atoms with Crippen molar-refractivity contribution in [1.82, 2.24) is 10.2 Å². The Morgan fingerprint density at radius 1 is 1.20 bits per heavy atom. The van der Waals surface area contributed by atoms with E-state index >= 15 is 0 Å². The molecule has 20 heavy (non-hydrogen) atoms. The van der Waals surface area contributed by atoms with Crippen LogP contribution >= 0.6 is 0 Å². The van der Waals surface area contributed by atoms with E-state index in [1.165, 1.54) is 12.0 Å². The molecule has 2 nitrogen and oxygen atoms in total. The molecule has 0 bridgehead atoms. The Morgan fingerprint density at radius 3 is 2.50 bits per heavy atom. The van der Waals surface area contributed by atoms with Crippen LogP contribution in [0.1, 0.15) is 38.3 Å². The molecule has 0 aliphatic carbocycles. The van der Waals surface area contributed by atoms with Crippen LogP contribution in [-0.2, 0) is 0 Å². The van der Waals surface area contributed by atoms with Gasteiger partial charge in [-0.1, -0.05) is 50.3 Å². The summed E-state index contributed by atoms with van der Waals surface area (Å²) in [5, 5.41) is 3.59. The Morgan fingerprint density at radius 2 is 1.90 bits per heavy atom. The maximum Gasteiger partial charge on any atom is 0.0469 e. The molecule has 1 aromatic rings. The van der Waals surface area contributed by atoms with Gasteiger partial charge in [-0.25, -0.2) is 0 Å². The van der Waals surface area contributed by atoms with E-state index in [2.05, 4.69) is 68.0 Å². The number of hydrogen-bond donors (Lipinski definition) is 1. The molecule has 0 heterocycles. The number of unbranched alkanes of at least 4 members (excludes halogenated alkanes) is 1. The van der Waals surface area contributed by atoms with E-state index in [1.807, 2.05) is 6.08 Å². The van der Waals surface area contributed by atoms with Gasteiger partial charge in [0.05, 0.1) is 0 Å². The van der Waals surface area contributed by atoms with Crippen LogP contribution in [0.4, 0.5) is 0 Å². The molecule has 2 heteroatoms. The number of nitrogens with zero attached hydrogens (tertiary/aromatic N) is 1. The van der Waals surface area contributed by atoms with Gasteiger partial charge in [0.1, 0.15) is 0 Å². The predicted octanol–water partition coefficient (Wildman–Crippen LogP) is 3.87. The lowest BCUT2D eigenvalue weighted by molar-refractivity contribution is 0.234. The monoisotopic (exact) mass is 274 g/mol. The van der Waals surface area contributed by atoms with Crippen molar-refractivity contribution in [3.05, 3.63) is 48.6 Å². The first-order valence-electron chi connectivity index (χ1n) is 7.72. The first-order valence-corrected chi connectivity index (χ1v) is 7.72. The highest BCUT2D eigenvalue weighted by Gasteiger charge is 2.16. The van der Waals surface area contributed by atoms with Crippen LogP contribution < -0.4 is 5.32 Å². The van der Waals surface area contributed by atoms with Crippen LogP contribution in [-0.4, -0.2) is 31.6 Å². The summed E-state index contributed by atoms with van der Waals surface area (Å²) >= 11 is 0. The van der Waals surface area contributed by atoms with Gasteiger partial charge in [0.25, 0.3) is 0 Å². The van der Waals surface area contributed by atoms with Gasteiger partial charge in [0.15, 0.2) is 0 Å². The number of likely N-dealkylation sites (N-methyl/N-ethyl adjacent to an activating group) is 1. The van der Waals surface area contributed by atoms with E-state index in [-0.39, 0.29) is 0 Å². The van der Waals surface area contributed by atoms with Crippen molar-refractivity contribution in [2.24, 2.45) is 5.92 Å². The third-order valence-corrected chi connectivity index (χ3v) is 3.53. The minimum atomic E-state index is 0.444. The first kappa shape index (κ1) is 16.9. The molecule has 1 aromatic carbocycles. The maximum absolute atomic E-state index is 3.80. The Hall–Kier alpha value is -1.12. The number of nitrogens with one attached hydrogen (secondary N) is 1. The van der Waals surface area contributed by atoms with Gasteiger partial charge < -0.3 is 5.32 Å². The lowest BCUT2D eigenvalue weighted by Crippen LogP contribution is -2.35. The molecule has 0 saturated carbocycles. The third-order valence-electron chi connectivity index (χ3n) is 3.53. The van der Waals surface area contributed by atoms with E-state index in [0.717, 1.165) is 26.1 Å². The Bertz CT molecular complexity index is 359. The SMILES string of the molecule is C=CCCCN(C)C(CNCC(C)C)c1ccccc1. The van der Waals surface area contributed by atoms with Gasteiger partial charge in [-0.2, -0.15) is 0 Å². The van der Waals surface area contributed by atoms with Crippen molar-refractivity contribution < 1.29 is 0 Å². The topological polar surface area (TPSA) is 15.3 Å². The average molecular weight is 274 g/mol. The number of allylic oxidation sites excluding steroid dienone is 1. The molecule has 0 radical (unpaired) electrons. The molecule has 1 rings (SSSR count). The minimum absolute atomic E-state index is 0.444. The third kappa shape index (κ3) is 6.36. The van der Waals surface area contributed by atoms with Crippen molar-refractivity contribution in [2.45, 2.75) is 32.7 Å². The molecule has 0 fully saturated rings. The first-order chi connectivity index (χ1) is 9.65. The standard InChI is InChI=1S/C18H30N2/c1-5-6-10-13-20(4)18(15-19-14-16(2)3)17-11-8-7-9-12-17/h5,7-9,11-12,16,18-19H,1,6,10,13-15H2,2-4H3. The van der Waals surface area contributed by atoms with Crippen LogP contribution in [0.2, 0.25) is 0 Å². The fourth-order valence-electron chi connectivity index (χ4n) is 2.35. The Labute approximate surface area is 124 Å². The summed E-state index contributed by atoms with van der Waals surface area (Å²) in [4.78, 5) is 2.45. The minimum Gasteiger partial charge on any atom is -0.315 e. The molecular weight excluding hydrogens is 244 g/mol. The van der Waals surface area contributed by atoms with Gasteiger partial charge in [-0.3, -0.25) is 4.90 Å². The van der Waals surface area contributed by atoms with Gasteiger partial charge >= 0.3 is 0 Å². The van der Waals surface area contributed by atoms with E-state index in [0.29, 0.717) is 12.0 Å². The van der Waals surface area contributed by atoms with Crippen molar-refractivity contribution >= 4 is 0 Å². The predicted molar refractivity (Wildman–Crippen MR) is 89.0 cm³/mol. The molecule has 1 atom stereocenters. The number of hydrogen-bond acceptors (Lipinski definition) is 2. The number of rotatable bonds is 10. The molecule has 0 aliphatic rings. The zero-order valence-corrected chi connectivity index (χ0v) is 13.3. The zero-order valence-electron chi connectivity index (χ0n) is 13.3. The molecule has 0 amide bonds. The van der Waals surface area contributed by atoms with E-state index in [4.69, 9.17) is 0 Å². The Balaban J connectivity index is 2.61. The van der Waals surface area contributed by atoms with Crippen molar-refractivity contribution in [2.75, 3.05) is 26.7 Å². The van der Waals surface area contributed by atoms with Crippen LogP contribution in [0.5, 0.6) is 0 Å². The lowest BCUT2D eigenvalue weighted by atomic mass is 10.0. The van der Waals surface area contributed by atoms with Crippen molar-refractivity contribution in [1.29, 1.82) is 0 Å². The largest absolute Gasteiger partial charge is 0.315 e. The molecule has 0 aromatic heterocycles. The second kappa shape index (κ2) is 9.73. The van der Waals surface area contributed by atoms with Gasteiger partial charge in [0.2, 0.25) is 0 Å². The smallest absolute Gasteiger partial charge is 0.0469 e. The normalized spacial score (nSPS) is 12.8. The van der Waals surface area contributed by atoms with Crippen molar-refractivity contribution in [3.63, 3.8) is 0 Å². The second-order valence-corrected chi connectivity index (χ2v) is 5.89. The fourth-order valence-corrected chi connectivity index (χ4v) is 2.35. The molecule has 0 saturated heterocycles. The van der Waals surface area contributed by atoms with Crippen LogP contribution in [0.15, 0.2) is 43.0 Å². The quantitative estimate of drug-likeness (QED) is 0.514. The molecule has 1 unspecified atom stereocenters. The van der Waals surface area contributed by atoms with Gasteiger partial charge in [-0.15, -0.1) is 6.58 Å². The summed E-state index contributed by atoms with van der Waals surface area (Å²) in [7, 11) is 2.22. The summed E-state index contributed by atoms with van der Waals surface area (Å²) in [6.07, 6.45) is 4.27. The molecule has 1 N–H and O–H groups in total. The zero-order chi connectivity index (χ0) is 14.8. The van der Waals surface area contributed by atoms with E-state index in [1.54, 1.807) is 0 Å². The summed E-state index contributed by atoms with van der Waals surface area (Å²) in [6.45, 7) is 11.5. The molecule has 0 spiro atoms. The average Bonchev–Trinajstić information content (AvgIpc) is 2.44. The summed E-state index contributed by atoms with van der Waals surface area (Å²) in [6, 6.07) is 11.2. The highest BCUT2D eigenvalue weighted by molar-refractivity contribution is 5.19. The summed E-state index contributed by atoms with van der Waals surface area (Å²) in [5.41, 5.74) is 1.39. The van der Waals surface area contributed by atoms with Gasteiger partial charge in [0, 0.05) is 12.6 Å². The molecular formula is C18H30N2. The maximum atomic E-state index is 3.80. The van der Waals surface area contributed by atoms with Crippen molar-refractivity contribution in [3.8, 4) is 0 Å². The van der Waals surface area contributed by atoms with Crippen LogP contribution in [0.25, 0.3) is 0 Å². The fraction of sp³-hybridized carbons (Fsp3) is 0.556.